The molecule has 0 radical (unpaired) electrons. The van der Waals surface area contributed by atoms with Crippen LogP contribution in [-0.4, -0.2) is 98.4 Å². The van der Waals surface area contributed by atoms with E-state index in [0.717, 1.165) is 11.8 Å². The average molecular weight is 677 g/mol. The van der Waals surface area contributed by atoms with E-state index in [1.807, 2.05) is 0 Å². The molecule has 17 nitrogen and oxygen atoms in total. The Morgan fingerprint density at radius 2 is 1.98 bits per heavy atom. The Labute approximate surface area is 255 Å². The van der Waals surface area contributed by atoms with Crippen LogP contribution in [0.4, 0.5) is 20.5 Å². The quantitative estimate of drug-likeness (QED) is 0.101. The van der Waals surface area contributed by atoms with E-state index >= 15 is 4.39 Å². The fourth-order valence-corrected chi connectivity index (χ4v) is 8.34. The number of hydrogen-bond donors (Lipinski definition) is 6. The summed E-state index contributed by atoms with van der Waals surface area (Å²) in [5.41, 5.74) is 11.4. The summed E-state index contributed by atoms with van der Waals surface area (Å²) < 4.78 is 60.9. The lowest BCUT2D eigenvalue weighted by Gasteiger charge is -2.24. The summed E-state index contributed by atoms with van der Waals surface area (Å²) in [7, 11) is 0. The van der Waals surface area contributed by atoms with Crippen molar-refractivity contribution in [2.45, 2.75) is 53.7 Å². The highest BCUT2D eigenvalue weighted by Crippen LogP contribution is 2.61. The second-order valence-electron chi connectivity index (χ2n) is 10.3. The van der Waals surface area contributed by atoms with Gasteiger partial charge < -0.3 is 30.9 Å². The lowest BCUT2D eigenvalue weighted by atomic mass is 10.0. The van der Waals surface area contributed by atoms with E-state index in [2.05, 4.69) is 42.2 Å². The van der Waals surface area contributed by atoms with Gasteiger partial charge in [-0.05, 0) is 6.42 Å². The first kappa shape index (κ1) is 31.1. The Kier molecular flexibility index (Phi) is 8.33. The predicted octanol–water partition coefficient (Wildman–Crippen LogP) is 0.886. The van der Waals surface area contributed by atoms with Gasteiger partial charge >= 0.3 is 6.80 Å². The average Bonchev–Trinajstić information content (AvgIpc) is 3.74. The summed E-state index contributed by atoms with van der Waals surface area (Å²) in [5, 5.41) is 19.6. The predicted molar refractivity (Wildman–Crippen MR) is 156 cm³/mol. The number of thioether (sulfide) groups is 1. The molecule has 0 bridgehead atoms. The first-order valence-corrected chi connectivity index (χ1v) is 16.7. The van der Waals surface area contributed by atoms with E-state index in [1.165, 1.54) is 28.1 Å². The van der Waals surface area contributed by atoms with Gasteiger partial charge in [-0.2, -0.15) is 4.98 Å². The summed E-state index contributed by atoms with van der Waals surface area (Å²) in [6.45, 7) is -6.03. The van der Waals surface area contributed by atoms with E-state index in [-0.39, 0.29) is 53.5 Å². The van der Waals surface area contributed by atoms with Crippen LogP contribution < -0.4 is 17.0 Å². The number of hydrogen-bond acceptors (Lipinski definition) is 15. The molecule has 2 aliphatic rings. The minimum absolute atomic E-state index is 0.0372. The number of nitrogens with one attached hydrogen (secondary N) is 1. The number of halogens is 2. The van der Waals surface area contributed by atoms with Crippen molar-refractivity contribution in [1.29, 1.82) is 0 Å². The number of ether oxygens (including phenoxy) is 1. The molecular formula is C22H27F2N10O7PS2. The maximum Gasteiger partial charge on any atom is 0.386 e. The third kappa shape index (κ3) is 5.55. The number of imidazole rings is 2. The second-order valence-corrected chi connectivity index (χ2v) is 14.7. The van der Waals surface area contributed by atoms with E-state index in [4.69, 9.17) is 25.3 Å². The molecule has 6 heterocycles. The Bertz CT molecular complexity index is 1790. The summed E-state index contributed by atoms with van der Waals surface area (Å²) >= 11 is 5.06. The fourth-order valence-electron chi connectivity index (χ4n) is 5.24. The zero-order chi connectivity index (χ0) is 31.4. The van der Waals surface area contributed by atoms with Gasteiger partial charge in [-0.25, -0.2) is 33.3 Å². The molecule has 2 aliphatic heterocycles. The van der Waals surface area contributed by atoms with Gasteiger partial charge in [0.2, 0.25) is 5.95 Å². The van der Waals surface area contributed by atoms with E-state index in [0.29, 0.717) is 0 Å². The summed E-state index contributed by atoms with van der Waals surface area (Å²) in [4.78, 5) is 34.8. The fraction of sp³-hybridized carbons (Fsp3) is 0.545. The number of aliphatic hydroxyl groups excluding tert-OH is 2. The number of aliphatic hydroxyl groups is 2. The topological polar surface area (TPSA) is 244 Å². The number of nitrogen functional groups attached to an aromatic ring is 2. The van der Waals surface area contributed by atoms with Crippen LogP contribution in [0.15, 0.2) is 23.8 Å². The molecule has 0 aromatic carbocycles. The Morgan fingerprint density at radius 3 is 2.73 bits per heavy atom. The number of fused-ring (bicyclic) bond motifs is 2. The van der Waals surface area contributed by atoms with Crippen molar-refractivity contribution in [2.75, 3.05) is 31.4 Å². The molecule has 1 unspecified atom stereocenters. The number of thiol groups is 1. The Morgan fingerprint density at radius 1 is 1.23 bits per heavy atom. The lowest BCUT2D eigenvalue weighted by molar-refractivity contribution is -0.0311. The van der Waals surface area contributed by atoms with Crippen LogP contribution in [0, 0.1) is 0 Å². The molecule has 4 aromatic heterocycles. The molecule has 2 saturated heterocycles. The van der Waals surface area contributed by atoms with Gasteiger partial charge in [0.05, 0.1) is 42.8 Å². The third-order valence-electron chi connectivity index (χ3n) is 7.40. The van der Waals surface area contributed by atoms with Gasteiger partial charge in [-0.1, -0.05) is 12.2 Å². The van der Waals surface area contributed by atoms with Gasteiger partial charge in [0.1, 0.15) is 30.0 Å². The van der Waals surface area contributed by atoms with Crippen LogP contribution in [0.25, 0.3) is 22.3 Å². The number of aromatic nitrogens is 8. The minimum Gasteiger partial charge on any atom is -0.395 e. The third-order valence-corrected chi connectivity index (χ3v) is 10.8. The van der Waals surface area contributed by atoms with Crippen molar-refractivity contribution in [1.82, 2.24) is 39.0 Å². The van der Waals surface area contributed by atoms with Crippen LogP contribution in [0.1, 0.15) is 24.4 Å². The second kappa shape index (κ2) is 11.8. The van der Waals surface area contributed by atoms with Gasteiger partial charge in [0, 0.05) is 6.42 Å². The largest absolute Gasteiger partial charge is 0.395 e. The number of aromatic amines is 1. The minimum atomic E-state index is -4.18. The smallest absolute Gasteiger partial charge is 0.386 e. The number of anilines is 2. The molecule has 0 saturated carbocycles. The van der Waals surface area contributed by atoms with Crippen LogP contribution in [0.2, 0.25) is 0 Å². The molecule has 0 spiro atoms. The molecule has 6 rings (SSSR count). The number of nitrogens with two attached hydrogens (primary N) is 2. The van der Waals surface area contributed by atoms with Crippen LogP contribution in [-0.2, 0) is 18.3 Å². The van der Waals surface area contributed by atoms with Gasteiger partial charge in [0.25, 0.3) is 5.56 Å². The van der Waals surface area contributed by atoms with Crippen LogP contribution in [0.3, 0.4) is 0 Å². The highest BCUT2D eigenvalue weighted by Gasteiger charge is 2.51. The molecule has 4 aromatic rings. The van der Waals surface area contributed by atoms with E-state index in [1.54, 1.807) is 0 Å². The molecular weight excluding hydrogens is 649 g/mol. The maximum absolute atomic E-state index is 15.1. The Balaban J connectivity index is 1.14. The first-order chi connectivity index (χ1) is 21.0. The molecule has 2 fully saturated rings. The number of alkyl halides is 2. The van der Waals surface area contributed by atoms with Crippen molar-refractivity contribution < 1.29 is 37.3 Å². The van der Waals surface area contributed by atoms with Crippen molar-refractivity contribution in [3.8, 4) is 0 Å². The van der Waals surface area contributed by atoms with Crippen molar-refractivity contribution >= 4 is 64.9 Å². The van der Waals surface area contributed by atoms with Gasteiger partial charge in [-0.15, -0.1) is 11.8 Å². The molecule has 0 aliphatic carbocycles. The number of nitrogens with zero attached hydrogens (tertiary/aromatic N) is 7. The summed E-state index contributed by atoms with van der Waals surface area (Å²) in [6.07, 6.45) is -3.31. The number of H-pyrrole nitrogens is 1. The van der Waals surface area contributed by atoms with Crippen molar-refractivity contribution in [3.05, 3.63) is 29.3 Å². The standard InChI is InChI=1S/C22H27F2N10O7PS2/c23-4-22(5-35)3-10(20(44-22)34-8-30-13-17(34)31-21(26)32-18(13)37)41-42(38,43)39-2-1-9-14(36)11(24)19(40-9)33-7-29-12-15(25)27-6-28-16(12)33/h6-11,14,19-20,35-36H,1-5H2,(H,38,43)(H2,25,27,28)(H3,26,31,32,37)/t9-,10-,11+,14-,19-,20-,22-,42?/m1/s1. The molecule has 22 heteroatoms. The Hall–Kier alpha value is -2.91. The lowest BCUT2D eigenvalue weighted by Crippen LogP contribution is -2.30. The maximum atomic E-state index is 15.1. The zero-order valence-electron chi connectivity index (χ0n) is 22.5. The monoisotopic (exact) mass is 676 g/mol. The summed E-state index contributed by atoms with van der Waals surface area (Å²) in [5.74, 6) is -0.0855. The van der Waals surface area contributed by atoms with Crippen molar-refractivity contribution in [2.24, 2.45) is 0 Å². The molecule has 44 heavy (non-hydrogen) atoms. The number of rotatable bonds is 10. The first-order valence-electron chi connectivity index (χ1n) is 13.1. The highest BCUT2D eigenvalue weighted by atomic mass is 32.7. The highest BCUT2D eigenvalue weighted by molar-refractivity contribution is 8.44. The van der Waals surface area contributed by atoms with Gasteiger partial charge in [-0.3, -0.25) is 23.4 Å². The molecule has 0 amide bonds. The molecule has 238 valence electrons. The van der Waals surface area contributed by atoms with Gasteiger partial charge in [0.15, 0.2) is 35.0 Å². The SMILES string of the molecule is Nc1nc2c(ncn2[C@@H]2S[C@@](CO)(CF)C[C@H]2OP(=O)(S)OCC[C@H]2O[C@@H](n3cnc4c(N)ncnc43)[C@@H](F)[C@@H]2O)c(=O)[nH]1. The van der Waals surface area contributed by atoms with Crippen LogP contribution in [0.5, 0.6) is 0 Å². The zero-order valence-corrected chi connectivity index (χ0v) is 25.1. The van der Waals surface area contributed by atoms with E-state index in [9.17, 15) is 24.0 Å². The molecule has 8 atom stereocenters. The van der Waals surface area contributed by atoms with Crippen LogP contribution >= 0.6 is 30.8 Å². The normalized spacial score (nSPS) is 30.4. The van der Waals surface area contributed by atoms with E-state index < -0.39 is 66.5 Å². The molecule has 7 N–H and O–H groups in total. The summed E-state index contributed by atoms with van der Waals surface area (Å²) in [6, 6.07) is 0. The van der Waals surface area contributed by atoms with Crippen molar-refractivity contribution in [3.63, 3.8) is 0 Å².